The second-order valence-electron chi connectivity index (χ2n) is 3.74. The average molecular weight is 393 g/mol. The average Bonchev–Trinajstić information content (AvgIpc) is 2.86. The molecule has 0 radical (unpaired) electrons. The third kappa shape index (κ3) is 2.08. The van der Waals surface area contributed by atoms with Gasteiger partial charge in [-0.3, -0.25) is 0 Å². The van der Waals surface area contributed by atoms with Gasteiger partial charge in [0.25, 0.3) is 0 Å². The molecule has 4 nitrogen and oxygen atoms in total. The van der Waals surface area contributed by atoms with Crippen molar-refractivity contribution in [2.75, 3.05) is 0 Å². The van der Waals surface area contributed by atoms with Gasteiger partial charge in [-0.05, 0) is 34.7 Å². The van der Waals surface area contributed by atoms with E-state index in [0.717, 1.165) is 14.1 Å². The Morgan fingerprint density at radius 2 is 2.39 bits per heavy atom. The molecular weight excluding hydrogens is 385 g/mol. The second-order valence-corrected chi connectivity index (χ2v) is 6.60. The fourth-order valence-electron chi connectivity index (χ4n) is 1.84. The number of aromatic hydroxyl groups is 1. The number of nitrogens with zero attached hydrogens (tertiary/aromatic N) is 3. The van der Waals surface area contributed by atoms with Gasteiger partial charge in [-0.2, -0.15) is 4.40 Å². The maximum atomic E-state index is 9.90. The van der Waals surface area contributed by atoms with Crippen LogP contribution < -0.4 is 4.57 Å². The summed E-state index contributed by atoms with van der Waals surface area (Å²) in [7, 11) is 0. The van der Waals surface area contributed by atoms with Crippen LogP contribution in [0.4, 0.5) is 0 Å². The van der Waals surface area contributed by atoms with E-state index < -0.39 is 0 Å². The van der Waals surface area contributed by atoms with Crippen LogP contribution in [0.25, 0.3) is 5.65 Å². The van der Waals surface area contributed by atoms with E-state index in [1.54, 1.807) is 16.8 Å². The van der Waals surface area contributed by atoms with Crippen molar-refractivity contribution in [1.82, 2.24) is 9.38 Å². The van der Waals surface area contributed by atoms with Gasteiger partial charge in [-0.15, -0.1) is 11.3 Å². The summed E-state index contributed by atoms with van der Waals surface area (Å²) in [5.41, 5.74) is 0.958. The van der Waals surface area contributed by atoms with Gasteiger partial charge < -0.3 is 5.11 Å². The van der Waals surface area contributed by atoms with Crippen LogP contribution in [0, 0.1) is 3.57 Å². The highest BCUT2D eigenvalue weighted by Crippen LogP contribution is 2.20. The standard InChI is InChI=1S/C11H7ClIN3OS/c12-11-14-4-7(18-11)5-15-6-9(17)16-3-1-2-8(13)10(15)16/h1-4,6H,5H2/p+1. The molecule has 1 N–H and O–H groups in total. The number of thiazole rings is 1. The monoisotopic (exact) mass is 392 g/mol. The lowest BCUT2D eigenvalue weighted by Crippen LogP contribution is -2.33. The van der Waals surface area contributed by atoms with Crippen LogP contribution in [0.5, 0.6) is 5.88 Å². The fourth-order valence-corrected chi connectivity index (χ4v) is 3.60. The Labute approximate surface area is 126 Å². The summed E-state index contributed by atoms with van der Waals surface area (Å²) in [4.78, 5) is 5.07. The Morgan fingerprint density at radius 1 is 1.56 bits per heavy atom. The summed E-state index contributed by atoms with van der Waals surface area (Å²) in [6, 6.07) is 3.91. The van der Waals surface area contributed by atoms with Crippen LogP contribution in [0.1, 0.15) is 4.88 Å². The maximum Gasteiger partial charge on any atom is 0.327 e. The lowest BCUT2D eigenvalue weighted by Gasteiger charge is -1.95. The molecule has 0 saturated heterocycles. The number of hydrogen-bond acceptors (Lipinski definition) is 3. The molecule has 0 amide bonds. The molecule has 0 spiro atoms. The van der Waals surface area contributed by atoms with Gasteiger partial charge in [0.15, 0.2) is 10.7 Å². The highest BCUT2D eigenvalue weighted by Gasteiger charge is 2.19. The van der Waals surface area contributed by atoms with Crippen LogP contribution in [-0.2, 0) is 6.54 Å². The van der Waals surface area contributed by atoms with Crippen LogP contribution in [0.2, 0.25) is 4.47 Å². The molecule has 7 heteroatoms. The van der Waals surface area contributed by atoms with Crippen molar-refractivity contribution in [1.29, 1.82) is 0 Å². The molecule has 0 aliphatic heterocycles. The Balaban J connectivity index is 2.12. The molecule has 0 bridgehead atoms. The molecule has 18 heavy (non-hydrogen) atoms. The van der Waals surface area contributed by atoms with Crippen molar-refractivity contribution < 1.29 is 9.67 Å². The van der Waals surface area contributed by atoms with E-state index in [0.29, 0.717) is 11.0 Å². The number of aromatic nitrogens is 3. The van der Waals surface area contributed by atoms with Crippen LogP contribution in [-0.4, -0.2) is 14.5 Å². The third-order valence-electron chi connectivity index (χ3n) is 2.56. The molecule has 0 unspecified atom stereocenters. The Kier molecular flexibility index (Phi) is 3.16. The summed E-state index contributed by atoms with van der Waals surface area (Å²) < 4.78 is 5.35. The summed E-state index contributed by atoms with van der Waals surface area (Å²) in [6.07, 6.45) is 5.31. The largest absolute Gasteiger partial charge is 0.475 e. The van der Waals surface area contributed by atoms with E-state index in [1.165, 1.54) is 11.3 Å². The molecule has 92 valence electrons. The highest BCUT2D eigenvalue weighted by atomic mass is 127. The summed E-state index contributed by atoms with van der Waals surface area (Å²) in [5, 5.41) is 9.90. The molecule has 0 aliphatic carbocycles. The topological polar surface area (TPSA) is 41.4 Å². The van der Waals surface area contributed by atoms with Gasteiger partial charge in [0.1, 0.15) is 10.1 Å². The first-order valence-corrected chi connectivity index (χ1v) is 7.40. The zero-order valence-electron chi connectivity index (χ0n) is 9.05. The molecule has 3 rings (SSSR count). The summed E-state index contributed by atoms with van der Waals surface area (Å²) in [5.74, 6) is 0.221. The van der Waals surface area contributed by atoms with Gasteiger partial charge in [0.2, 0.25) is 0 Å². The Hall–Kier alpha value is -0.860. The highest BCUT2D eigenvalue weighted by molar-refractivity contribution is 14.1. The van der Waals surface area contributed by atoms with E-state index in [9.17, 15) is 5.11 Å². The van der Waals surface area contributed by atoms with Crippen molar-refractivity contribution in [2.24, 2.45) is 0 Å². The number of fused-ring (bicyclic) bond motifs is 1. The minimum atomic E-state index is 0.221. The van der Waals surface area contributed by atoms with Crippen molar-refractivity contribution in [2.45, 2.75) is 6.54 Å². The van der Waals surface area contributed by atoms with E-state index in [2.05, 4.69) is 27.6 Å². The minimum Gasteiger partial charge on any atom is -0.475 e. The molecule has 3 heterocycles. The normalized spacial score (nSPS) is 11.2. The number of pyridine rings is 1. The van der Waals surface area contributed by atoms with Gasteiger partial charge in [-0.25, -0.2) is 9.55 Å². The molecular formula is C11H8ClIN3OS+. The van der Waals surface area contributed by atoms with E-state index in [1.807, 2.05) is 22.9 Å². The molecule has 0 atom stereocenters. The number of imidazole rings is 1. The van der Waals surface area contributed by atoms with Crippen LogP contribution in [0.15, 0.2) is 30.7 Å². The first kappa shape index (κ1) is 12.2. The van der Waals surface area contributed by atoms with Crippen molar-refractivity contribution in [3.05, 3.63) is 43.6 Å². The quantitative estimate of drug-likeness (QED) is 0.538. The first-order valence-electron chi connectivity index (χ1n) is 5.13. The zero-order chi connectivity index (χ0) is 12.7. The summed E-state index contributed by atoms with van der Waals surface area (Å²) >= 11 is 9.52. The first-order chi connectivity index (χ1) is 8.65. The zero-order valence-corrected chi connectivity index (χ0v) is 12.8. The molecule has 0 fully saturated rings. The molecule has 3 aromatic heterocycles. The lowest BCUT2D eigenvalue weighted by atomic mass is 10.4. The van der Waals surface area contributed by atoms with Crippen LogP contribution in [0.3, 0.4) is 0 Å². The van der Waals surface area contributed by atoms with Gasteiger partial charge in [-0.1, -0.05) is 11.6 Å². The van der Waals surface area contributed by atoms with Gasteiger partial charge >= 0.3 is 11.5 Å². The number of rotatable bonds is 2. The Morgan fingerprint density at radius 3 is 3.11 bits per heavy atom. The minimum absolute atomic E-state index is 0.221. The van der Waals surface area contributed by atoms with Crippen LogP contribution >= 0.6 is 45.5 Å². The van der Waals surface area contributed by atoms with Gasteiger partial charge in [0, 0.05) is 6.20 Å². The predicted molar refractivity (Wildman–Crippen MR) is 78.2 cm³/mol. The Bertz CT molecular complexity index is 724. The van der Waals surface area contributed by atoms with Gasteiger partial charge in [0.05, 0.1) is 11.1 Å². The second kappa shape index (κ2) is 4.67. The maximum absolute atomic E-state index is 9.90. The van der Waals surface area contributed by atoms with E-state index in [4.69, 9.17) is 11.6 Å². The molecule has 0 aliphatic rings. The van der Waals surface area contributed by atoms with Crippen molar-refractivity contribution in [3.8, 4) is 5.88 Å². The molecule has 0 saturated carbocycles. The summed E-state index contributed by atoms with van der Waals surface area (Å²) in [6.45, 7) is 0.647. The smallest absolute Gasteiger partial charge is 0.327 e. The predicted octanol–water partition coefficient (Wildman–Crippen LogP) is 2.70. The number of hydrogen-bond donors (Lipinski definition) is 1. The van der Waals surface area contributed by atoms with E-state index in [-0.39, 0.29) is 5.88 Å². The molecule has 0 aromatic carbocycles. The van der Waals surface area contributed by atoms with E-state index >= 15 is 0 Å². The number of halogens is 2. The molecule has 3 aromatic rings. The SMILES string of the molecule is Oc1c[n+](Cc2cnc(Cl)s2)c2c(I)cccn12. The third-order valence-corrected chi connectivity index (χ3v) is 4.50. The van der Waals surface area contributed by atoms with Crippen molar-refractivity contribution >= 4 is 51.2 Å². The fraction of sp³-hybridized carbons (Fsp3) is 0.0909. The van der Waals surface area contributed by atoms with Crippen molar-refractivity contribution in [3.63, 3.8) is 0 Å². The lowest BCUT2D eigenvalue weighted by molar-refractivity contribution is -0.662.